The lowest BCUT2D eigenvalue weighted by atomic mass is 10.0. The Morgan fingerprint density at radius 3 is 2.33 bits per heavy atom. The minimum absolute atomic E-state index is 0.0698. The van der Waals surface area contributed by atoms with E-state index in [2.05, 4.69) is 38.1 Å². The zero-order chi connectivity index (χ0) is 13.5. The molecular weight excluding hydrogens is 224 g/mol. The summed E-state index contributed by atoms with van der Waals surface area (Å²) in [5.74, 6) is -0.184. The molecule has 0 bridgehead atoms. The van der Waals surface area contributed by atoms with Crippen molar-refractivity contribution in [3.05, 3.63) is 35.4 Å². The Labute approximate surface area is 110 Å². The monoisotopic (exact) mass is 248 g/mol. The van der Waals surface area contributed by atoms with Gasteiger partial charge in [-0.15, -0.1) is 0 Å². The van der Waals surface area contributed by atoms with Crippen LogP contribution in [0.3, 0.4) is 0 Å². The molecule has 0 saturated carbocycles. The Bertz CT molecular complexity index is 365. The van der Waals surface area contributed by atoms with Gasteiger partial charge in [0.15, 0.2) is 0 Å². The molecule has 1 aromatic carbocycles. The summed E-state index contributed by atoms with van der Waals surface area (Å²) in [5, 5.41) is 0. The number of hydrogen-bond acceptors (Lipinski definition) is 2. The number of carbonyl (C=O) groups excluding carboxylic acids is 1. The van der Waals surface area contributed by atoms with Crippen molar-refractivity contribution in [2.45, 2.75) is 53.1 Å². The summed E-state index contributed by atoms with van der Waals surface area (Å²) >= 11 is 0. The van der Waals surface area contributed by atoms with Gasteiger partial charge in [-0.25, -0.2) is 0 Å². The average molecular weight is 248 g/mol. The summed E-state index contributed by atoms with van der Waals surface area (Å²) in [6, 6.07) is 8.25. The highest BCUT2D eigenvalue weighted by atomic mass is 16.5. The van der Waals surface area contributed by atoms with Gasteiger partial charge < -0.3 is 4.74 Å². The Balaban J connectivity index is 2.77. The van der Waals surface area contributed by atoms with E-state index in [0.717, 1.165) is 24.8 Å². The fourth-order valence-corrected chi connectivity index (χ4v) is 1.74. The first kappa shape index (κ1) is 14.7. The molecule has 0 N–H and O–H groups in total. The van der Waals surface area contributed by atoms with Gasteiger partial charge >= 0.3 is 5.97 Å². The Morgan fingerprint density at radius 2 is 1.83 bits per heavy atom. The van der Waals surface area contributed by atoms with Crippen LogP contribution in [0, 0.1) is 12.8 Å². The summed E-state index contributed by atoms with van der Waals surface area (Å²) in [7, 11) is 0. The van der Waals surface area contributed by atoms with Crippen LogP contribution in [0.2, 0.25) is 0 Å². The van der Waals surface area contributed by atoms with Crippen LogP contribution in [0.15, 0.2) is 24.3 Å². The molecule has 1 aromatic rings. The van der Waals surface area contributed by atoms with Crippen LogP contribution < -0.4 is 0 Å². The van der Waals surface area contributed by atoms with Gasteiger partial charge in [0.2, 0.25) is 0 Å². The second-order valence-corrected chi connectivity index (χ2v) is 5.13. The number of esters is 1. The molecule has 0 unspecified atom stereocenters. The maximum atomic E-state index is 11.7. The minimum Gasteiger partial charge on any atom is -0.457 e. The van der Waals surface area contributed by atoms with E-state index in [1.54, 1.807) is 0 Å². The van der Waals surface area contributed by atoms with Crippen LogP contribution in [-0.2, 0) is 9.53 Å². The van der Waals surface area contributed by atoms with Crippen molar-refractivity contribution in [1.29, 1.82) is 0 Å². The molecule has 0 fully saturated rings. The standard InChI is InChI=1S/C16H24O2/c1-5-6-7-15(18-16(17)12(2)3)14-10-8-13(4)9-11-14/h8-12,15H,5-7H2,1-4H3/t15-/m1/s1. The van der Waals surface area contributed by atoms with Crippen molar-refractivity contribution in [1.82, 2.24) is 0 Å². The highest BCUT2D eigenvalue weighted by molar-refractivity contribution is 5.71. The van der Waals surface area contributed by atoms with Crippen LogP contribution in [0.5, 0.6) is 0 Å². The molecule has 0 heterocycles. The molecule has 0 aromatic heterocycles. The van der Waals surface area contributed by atoms with Gasteiger partial charge in [0, 0.05) is 0 Å². The van der Waals surface area contributed by atoms with E-state index in [0.29, 0.717) is 0 Å². The zero-order valence-electron chi connectivity index (χ0n) is 11.9. The SMILES string of the molecule is CCCC[C@@H](OC(=O)C(C)C)c1ccc(C)cc1. The third-order valence-electron chi connectivity index (χ3n) is 3.00. The molecule has 18 heavy (non-hydrogen) atoms. The number of unbranched alkanes of at least 4 members (excludes halogenated alkanes) is 1. The van der Waals surface area contributed by atoms with Crippen LogP contribution in [0.1, 0.15) is 57.3 Å². The van der Waals surface area contributed by atoms with Crippen molar-refractivity contribution in [2.75, 3.05) is 0 Å². The minimum atomic E-state index is -0.114. The number of ether oxygens (including phenoxy) is 1. The van der Waals surface area contributed by atoms with E-state index in [1.807, 2.05) is 13.8 Å². The molecular formula is C16H24O2. The number of benzene rings is 1. The predicted molar refractivity (Wildman–Crippen MR) is 74.4 cm³/mol. The first-order valence-corrected chi connectivity index (χ1v) is 6.81. The van der Waals surface area contributed by atoms with Gasteiger partial charge in [0.05, 0.1) is 5.92 Å². The van der Waals surface area contributed by atoms with E-state index in [9.17, 15) is 4.79 Å². The molecule has 2 nitrogen and oxygen atoms in total. The van der Waals surface area contributed by atoms with E-state index in [-0.39, 0.29) is 18.0 Å². The molecule has 0 saturated heterocycles. The zero-order valence-corrected chi connectivity index (χ0v) is 11.9. The van der Waals surface area contributed by atoms with E-state index >= 15 is 0 Å². The molecule has 1 rings (SSSR count). The Morgan fingerprint density at radius 1 is 1.22 bits per heavy atom. The molecule has 0 aliphatic carbocycles. The average Bonchev–Trinajstić information content (AvgIpc) is 2.35. The van der Waals surface area contributed by atoms with Gasteiger partial charge in [0.25, 0.3) is 0 Å². The van der Waals surface area contributed by atoms with Gasteiger partial charge in [0.1, 0.15) is 6.10 Å². The first-order valence-electron chi connectivity index (χ1n) is 6.81. The smallest absolute Gasteiger partial charge is 0.308 e. The summed E-state index contributed by atoms with van der Waals surface area (Å²) < 4.78 is 5.60. The quantitative estimate of drug-likeness (QED) is 0.696. The lowest BCUT2D eigenvalue weighted by molar-refractivity contribution is -0.153. The highest BCUT2D eigenvalue weighted by Crippen LogP contribution is 2.25. The predicted octanol–water partition coefficient (Wildman–Crippen LogP) is 4.43. The van der Waals surface area contributed by atoms with Crippen molar-refractivity contribution in [2.24, 2.45) is 5.92 Å². The molecule has 0 radical (unpaired) electrons. The summed E-state index contributed by atoms with van der Waals surface area (Å²) in [4.78, 5) is 11.7. The third kappa shape index (κ3) is 4.52. The van der Waals surface area contributed by atoms with Crippen molar-refractivity contribution < 1.29 is 9.53 Å². The fourth-order valence-electron chi connectivity index (χ4n) is 1.74. The van der Waals surface area contributed by atoms with Crippen molar-refractivity contribution >= 4 is 5.97 Å². The topological polar surface area (TPSA) is 26.3 Å². The van der Waals surface area contributed by atoms with Gasteiger partial charge in [-0.05, 0) is 25.3 Å². The largest absolute Gasteiger partial charge is 0.457 e. The number of rotatable bonds is 6. The lowest BCUT2D eigenvalue weighted by Gasteiger charge is -2.19. The molecule has 0 amide bonds. The third-order valence-corrected chi connectivity index (χ3v) is 3.00. The Hall–Kier alpha value is -1.31. The van der Waals surface area contributed by atoms with E-state index in [4.69, 9.17) is 4.74 Å². The molecule has 100 valence electrons. The maximum absolute atomic E-state index is 11.7. The highest BCUT2D eigenvalue weighted by Gasteiger charge is 2.18. The second kappa shape index (κ2) is 7.20. The number of carbonyl (C=O) groups is 1. The van der Waals surface area contributed by atoms with Crippen LogP contribution in [0.25, 0.3) is 0 Å². The summed E-state index contributed by atoms with van der Waals surface area (Å²) in [5.41, 5.74) is 2.33. The Kier molecular flexibility index (Phi) is 5.90. The normalized spacial score (nSPS) is 12.5. The maximum Gasteiger partial charge on any atom is 0.308 e. The van der Waals surface area contributed by atoms with Gasteiger partial charge in [-0.3, -0.25) is 4.79 Å². The van der Waals surface area contributed by atoms with Crippen LogP contribution in [-0.4, -0.2) is 5.97 Å². The van der Waals surface area contributed by atoms with Gasteiger partial charge in [-0.1, -0.05) is 57.0 Å². The van der Waals surface area contributed by atoms with Crippen molar-refractivity contribution in [3.8, 4) is 0 Å². The molecule has 0 spiro atoms. The number of hydrogen-bond donors (Lipinski definition) is 0. The lowest BCUT2D eigenvalue weighted by Crippen LogP contribution is -2.16. The van der Waals surface area contributed by atoms with E-state index in [1.165, 1.54) is 5.56 Å². The van der Waals surface area contributed by atoms with Gasteiger partial charge in [-0.2, -0.15) is 0 Å². The molecule has 2 heteroatoms. The van der Waals surface area contributed by atoms with Crippen molar-refractivity contribution in [3.63, 3.8) is 0 Å². The number of aryl methyl sites for hydroxylation is 1. The second-order valence-electron chi connectivity index (χ2n) is 5.13. The molecule has 0 aliphatic heterocycles. The van der Waals surface area contributed by atoms with Crippen LogP contribution >= 0.6 is 0 Å². The molecule has 0 aliphatic rings. The fraction of sp³-hybridized carbons (Fsp3) is 0.562. The first-order chi connectivity index (χ1) is 8.54. The van der Waals surface area contributed by atoms with Crippen LogP contribution in [0.4, 0.5) is 0 Å². The molecule has 1 atom stereocenters. The van der Waals surface area contributed by atoms with E-state index < -0.39 is 0 Å². The summed E-state index contributed by atoms with van der Waals surface area (Å²) in [6.45, 7) is 7.95. The summed E-state index contributed by atoms with van der Waals surface area (Å²) in [6.07, 6.45) is 2.99.